The molecule has 0 N–H and O–H groups in total. The van der Waals surface area contributed by atoms with Gasteiger partial charge in [-0.15, -0.1) is 0 Å². The molecule has 1 aliphatic rings. The van der Waals surface area contributed by atoms with Crippen molar-refractivity contribution in [2.45, 2.75) is 51.9 Å². The molecule has 0 amide bonds. The molecule has 0 spiro atoms. The van der Waals surface area contributed by atoms with E-state index in [1.165, 1.54) is 32.1 Å². The van der Waals surface area contributed by atoms with Gasteiger partial charge in [0.05, 0.1) is 0 Å². The maximum absolute atomic E-state index is 11.1. The summed E-state index contributed by atoms with van der Waals surface area (Å²) in [7, 11) is 0. The Kier molecular flexibility index (Phi) is 4.30. The number of hydrogen-bond acceptors (Lipinski definition) is 2. The highest BCUT2D eigenvalue weighted by molar-refractivity contribution is 7.81. The Morgan fingerprint density at radius 1 is 1.31 bits per heavy atom. The van der Waals surface area contributed by atoms with Crippen molar-refractivity contribution in [2.24, 2.45) is 5.41 Å². The molecule has 0 saturated heterocycles. The molecule has 0 aromatic carbocycles. The van der Waals surface area contributed by atoms with Crippen molar-refractivity contribution in [3.8, 4) is 0 Å². The van der Waals surface area contributed by atoms with Gasteiger partial charge in [0.15, 0.2) is 0 Å². The second-order valence-corrected chi connectivity index (χ2v) is 4.88. The molecule has 0 aromatic heterocycles. The van der Waals surface area contributed by atoms with Crippen LogP contribution < -0.4 is 0 Å². The van der Waals surface area contributed by atoms with Gasteiger partial charge in [-0.25, -0.2) is 0 Å². The van der Waals surface area contributed by atoms with Crippen molar-refractivity contribution >= 4 is 18.4 Å². The summed E-state index contributed by atoms with van der Waals surface area (Å²) in [5.41, 5.74) is 0.455. The standard InChI is InChI=1S/C11H20OS/c1-11(6-3-2-4-7-11)8-5-10(12)9-13/h13H,2-9H2,1H3. The second-order valence-electron chi connectivity index (χ2n) is 4.57. The van der Waals surface area contributed by atoms with Crippen molar-refractivity contribution in [3.63, 3.8) is 0 Å². The van der Waals surface area contributed by atoms with Gasteiger partial charge in [0.2, 0.25) is 0 Å². The lowest BCUT2D eigenvalue weighted by Crippen LogP contribution is -2.21. The van der Waals surface area contributed by atoms with Crippen LogP contribution in [0.15, 0.2) is 0 Å². The molecular formula is C11H20OS. The molecule has 0 aromatic rings. The first kappa shape index (κ1) is 11.1. The van der Waals surface area contributed by atoms with E-state index < -0.39 is 0 Å². The lowest BCUT2D eigenvalue weighted by atomic mass is 9.72. The molecular weight excluding hydrogens is 180 g/mol. The summed E-state index contributed by atoms with van der Waals surface area (Å²) in [6.07, 6.45) is 8.53. The van der Waals surface area contributed by atoms with E-state index in [1.807, 2.05) is 0 Å². The van der Waals surface area contributed by atoms with Crippen LogP contribution in [-0.2, 0) is 4.79 Å². The topological polar surface area (TPSA) is 17.1 Å². The molecule has 1 fully saturated rings. The fraction of sp³-hybridized carbons (Fsp3) is 0.909. The molecule has 1 aliphatic carbocycles. The Bertz CT molecular complexity index is 171. The van der Waals surface area contributed by atoms with Crippen LogP contribution in [0.5, 0.6) is 0 Å². The van der Waals surface area contributed by atoms with E-state index in [0.717, 1.165) is 12.8 Å². The van der Waals surface area contributed by atoms with Gasteiger partial charge in [-0.2, -0.15) is 12.6 Å². The fourth-order valence-electron chi connectivity index (χ4n) is 2.18. The highest BCUT2D eigenvalue weighted by Gasteiger charge is 2.26. The quantitative estimate of drug-likeness (QED) is 0.689. The van der Waals surface area contributed by atoms with Gasteiger partial charge in [0.25, 0.3) is 0 Å². The van der Waals surface area contributed by atoms with Gasteiger partial charge >= 0.3 is 0 Å². The minimum absolute atomic E-state index is 0.301. The van der Waals surface area contributed by atoms with Gasteiger partial charge in [-0.05, 0) is 24.7 Å². The Labute approximate surface area is 86.7 Å². The van der Waals surface area contributed by atoms with Gasteiger partial charge < -0.3 is 0 Å². The Balaban J connectivity index is 2.28. The van der Waals surface area contributed by atoms with Crippen molar-refractivity contribution in [3.05, 3.63) is 0 Å². The number of ketones is 1. The largest absolute Gasteiger partial charge is 0.299 e. The summed E-state index contributed by atoms with van der Waals surface area (Å²) >= 11 is 3.99. The second kappa shape index (κ2) is 5.04. The minimum atomic E-state index is 0.301. The van der Waals surface area contributed by atoms with E-state index in [4.69, 9.17) is 0 Å². The van der Waals surface area contributed by atoms with Crippen molar-refractivity contribution in [2.75, 3.05) is 5.75 Å². The molecule has 13 heavy (non-hydrogen) atoms. The molecule has 1 saturated carbocycles. The zero-order valence-electron chi connectivity index (χ0n) is 8.51. The molecule has 0 aliphatic heterocycles. The van der Waals surface area contributed by atoms with Crippen LogP contribution in [0.2, 0.25) is 0 Å². The van der Waals surface area contributed by atoms with Crippen molar-refractivity contribution in [1.29, 1.82) is 0 Å². The molecule has 76 valence electrons. The van der Waals surface area contributed by atoms with Crippen LogP contribution in [0.3, 0.4) is 0 Å². The number of carbonyl (C=O) groups is 1. The monoisotopic (exact) mass is 200 g/mol. The summed E-state index contributed by atoms with van der Waals surface area (Å²) in [6, 6.07) is 0. The molecule has 0 atom stereocenters. The average molecular weight is 200 g/mol. The van der Waals surface area contributed by atoms with Gasteiger partial charge in [-0.3, -0.25) is 4.79 Å². The third-order valence-corrected chi connectivity index (χ3v) is 3.60. The maximum atomic E-state index is 11.1. The fourth-order valence-corrected chi connectivity index (χ4v) is 2.33. The van der Waals surface area contributed by atoms with Gasteiger partial charge in [0, 0.05) is 12.2 Å². The Hall–Kier alpha value is 0.0200. The number of hydrogen-bond donors (Lipinski definition) is 1. The Morgan fingerprint density at radius 2 is 1.92 bits per heavy atom. The highest BCUT2D eigenvalue weighted by Crippen LogP contribution is 2.39. The summed E-state index contributed by atoms with van der Waals surface area (Å²) < 4.78 is 0. The Morgan fingerprint density at radius 3 is 2.46 bits per heavy atom. The average Bonchev–Trinajstić information content (AvgIpc) is 2.15. The number of rotatable bonds is 4. The van der Waals surface area contributed by atoms with E-state index in [1.54, 1.807) is 0 Å². The summed E-state index contributed by atoms with van der Waals surface area (Å²) in [5, 5.41) is 0. The first-order valence-electron chi connectivity index (χ1n) is 5.29. The van der Waals surface area contributed by atoms with Crippen LogP contribution in [-0.4, -0.2) is 11.5 Å². The SMILES string of the molecule is CC1(CCC(=O)CS)CCCCC1. The zero-order valence-corrected chi connectivity index (χ0v) is 9.41. The van der Waals surface area contributed by atoms with E-state index in [2.05, 4.69) is 19.6 Å². The predicted molar refractivity (Wildman–Crippen MR) is 59.3 cm³/mol. The third kappa shape index (κ3) is 3.72. The minimum Gasteiger partial charge on any atom is -0.299 e. The van der Waals surface area contributed by atoms with Crippen LogP contribution in [0.25, 0.3) is 0 Å². The van der Waals surface area contributed by atoms with Crippen LogP contribution in [0.1, 0.15) is 51.9 Å². The lowest BCUT2D eigenvalue weighted by molar-refractivity contribution is -0.117. The summed E-state index contributed by atoms with van der Waals surface area (Å²) in [6.45, 7) is 2.33. The number of thiol groups is 1. The van der Waals surface area contributed by atoms with E-state index in [0.29, 0.717) is 17.0 Å². The van der Waals surface area contributed by atoms with Crippen LogP contribution in [0, 0.1) is 5.41 Å². The predicted octanol–water partition coefficient (Wildman–Crippen LogP) is 3.24. The molecule has 2 heteroatoms. The maximum Gasteiger partial charge on any atom is 0.142 e. The molecule has 0 radical (unpaired) electrons. The van der Waals surface area contributed by atoms with E-state index in [9.17, 15) is 4.79 Å². The van der Waals surface area contributed by atoms with Crippen molar-refractivity contribution < 1.29 is 4.79 Å². The van der Waals surface area contributed by atoms with Gasteiger partial charge in [-0.1, -0.05) is 26.2 Å². The summed E-state index contributed by atoms with van der Waals surface area (Å²) in [5.74, 6) is 0.714. The van der Waals surface area contributed by atoms with Gasteiger partial charge in [0.1, 0.15) is 5.78 Å². The third-order valence-electron chi connectivity index (χ3n) is 3.24. The molecule has 1 rings (SSSR count). The molecule has 0 bridgehead atoms. The zero-order chi connectivity index (χ0) is 9.73. The molecule has 1 nitrogen and oxygen atoms in total. The normalized spacial score (nSPS) is 21.4. The van der Waals surface area contributed by atoms with E-state index >= 15 is 0 Å². The van der Waals surface area contributed by atoms with Crippen LogP contribution >= 0.6 is 12.6 Å². The smallest absolute Gasteiger partial charge is 0.142 e. The number of carbonyl (C=O) groups excluding carboxylic acids is 1. The molecule has 0 heterocycles. The lowest BCUT2D eigenvalue weighted by Gasteiger charge is -2.33. The highest BCUT2D eigenvalue weighted by atomic mass is 32.1. The molecule has 0 unspecified atom stereocenters. The van der Waals surface area contributed by atoms with Crippen molar-refractivity contribution in [1.82, 2.24) is 0 Å². The number of Topliss-reactive ketones (excluding diaryl/α,β-unsaturated/α-hetero) is 1. The van der Waals surface area contributed by atoms with E-state index in [-0.39, 0.29) is 0 Å². The summed E-state index contributed by atoms with van der Waals surface area (Å²) in [4.78, 5) is 11.1. The first-order chi connectivity index (χ1) is 6.16. The van der Waals surface area contributed by atoms with Crippen LogP contribution in [0.4, 0.5) is 0 Å². The first-order valence-corrected chi connectivity index (χ1v) is 5.92.